The van der Waals surface area contributed by atoms with Gasteiger partial charge in [0.25, 0.3) is 0 Å². The number of hydrogen-bond donors (Lipinski definition) is 11. The second kappa shape index (κ2) is 16.4. The molecule has 3 saturated heterocycles. The number of hydrogen-bond acceptors (Lipinski definition) is 22. The Morgan fingerprint density at radius 2 is 1.10 bits per heavy atom. The van der Waals surface area contributed by atoms with Crippen LogP contribution in [0.25, 0.3) is 0 Å². The second-order valence-electron chi connectivity index (χ2n) is 10.9. The molecule has 25 nitrogen and oxygen atoms in total. The van der Waals surface area contributed by atoms with Gasteiger partial charge in [-0.25, -0.2) is 24.4 Å². The van der Waals surface area contributed by atoms with E-state index in [1.54, 1.807) is 0 Å². The minimum absolute atomic E-state index is 0.0537. The first-order chi connectivity index (χ1) is 23.7. The summed E-state index contributed by atoms with van der Waals surface area (Å²) in [5, 5.41) is 74.6. The van der Waals surface area contributed by atoms with Gasteiger partial charge in [-0.1, -0.05) is 0 Å². The van der Waals surface area contributed by atoms with Gasteiger partial charge in [0.15, 0.2) is 12.5 Å². The van der Waals surface area contributed by atoms with Gasteiger partial charge in [-0.3, -0.25) is 13.7 Å². The Hall–Kier alpha value is -4.54. The molecule has 3 aromatic heterocycles. The number of aliphatic hydroxyl groups is 8. The molecule has 0 aliphatic carbocycles. The predicted octanol–water partition coefficient (Wildman–Crippen LogP) is -7.87. The molecule has 0 bridgehead atoms. The van der Waals surface area contributed by atoms with Crippen LogP contribution in [-0.4, -0.2) is 148 Å². The Morgan fingerprint density at radius 3 is 1.52 bits per heavy atom. The maximum Gasteiger partial charge on any atom is 0.354 e. The van der Waals surface area contributed by atoms with Crippen LogP contribution in [0.5, 0.6) is 0 Å². The Bertz CT molecular complexity index is 1670. The lowest BCUT2D eigenvalue weighted by atomic mass is 10.1. The fourth-order valence-electron chi connectivity index (χ4n) is 4.97. The molecular formula is C25H37N11O14. The zero-order valence-electron chi connectivity index (χ0n) is 25.8. The number of aromatic nitrogens is 8. The average molecular weight is 716 g/mol. The molecule has 0 aromatic carbocycles. The van der Waals surface area contributed by atoms with Crippen molar-refractivity contribution in [1.82, 2.24) is 38.6 Å². The molecule has 3 aromatic rings. The van der Waals surface area contributed by atoms with E-state index in [1.807, 2.05) is 0 Å². The maximum absolute atomic E-state index is 11.5. The lowest BCUT2D eigenvalue weighted by Crippen LogP contribution is -2.36. The standard InChI is InChI=1S/C9H13N3O5.C8H12N4O5.C8H12N4O4/c10-5-1-2-12(9(16)11-5)8-7(15)6(14)4(3-13)17-8;9-7-10-2-12(8(16)11-7)6-5(15)4(14)3(1-13)17-6;9-7-10-3-12(8(15)11-7)6-1-4(14)5(2-13)16-6/h1-2,4,6-8,13-15H,3H2,(H2,10,11,16);2-6,13-15H,1H2,(H2,9,11,16);3-6,13-14H,1-2H2,(H2,9,11,15)/t4-,6-,7+,8?;3-,4-,5-,6?;4-,5+,6?/m110/s1. The van der Waals surface area contributed by atoms with Crippen molar-refractivity contribution in [3.8, 4) is 0 Å². The van der Waals surface area contributed by atoms with E-state index in [4.69, 9.17) is 46.7 Å². The van der Waals surface area contributed by atoms with Crippen molar-refractivity contribution in [1.29, 1.82) is 0 Å². The van der Waals surface area contributed by atoms with E-state index in [0.717, 1.165) is 20.0 Å². The van der Waals surface area contributed by atoms with Crippen molar-refractivity contribution in [3.63, 3.8) is 0 Å². The van der Waals surface area contributed by atoms with Crippen LogP contribution >= 0.6 is 0 Å². The Morgan fingerprint density at radius 1 is 0.640 bits per heavy atom. The van der Waals surface area contributed by atoms with Crippen molar-refractivity contribution >= 4 is 17.7 Å². The zero-order valence-corrected chi connectivity index (χ0v) is 25.8. The van der Waals surface area contributed by atoms with Crippen LogP contribution in [0.4, 0.5) is 17.7 Å². The summed E-state index contributed by atoms with van der Waals surface area (Å²) in [6.07, 6.45) is -7.68. The first-order valence-electron chi connectivity index (χ1n) is 14.7. The SMILES string of the molecule is Nc1ccn(C2O[C@H](CO)[C@@H](O)[C@@H]2O)c(=O)n1.Nc1ncn(C2C[C@H](O)[C@@H](CO)O2)c(=O)n1.Nc1ncn(C2O[C@H](CO)[C@@H](O)[C@H]2O)c(=O)n1. The van der Waals surface area contributed by atoms with Gasteiger partial charge >= 0.3 is 17.1 Å². The average Bonchev–Trinajstić information content (AvgIpc) is 3.69. The molecule has 3 fully saturated rings. The minimum atomic E-state index is -1.35. The summed E-state index contributed by atoms with van der Waals surface area (Å²) in [6.45, 7) is -1.23. The van der Waals surface area contributed by atoms with Gasteiger partial charge in [0.1, 0.15) is 67.4 Å². The maximum atomic E-state index is 11.5. The summed E-state index contributed by atoms with van der Waals surface area (Å²) in [7, 11) is 0. The normalized spacial score (nSPS) is 31.8. The molecule has 3 aliphatic heterocycles. The van der Waals surface area contributed by atoms with Crippen LogP contribution in [0.1, 0.15) is 25.1 Å². The molecule has 25 heteroatoms. The minimum Gasteiger partial charge on any atom is -0.394 e. The smallest absolute Gasteiger partial charge is 0.354 e. The fraction of sp³-hybridized carbons (Fsp3) is 0.600. The van der Waals surface area contributed by atoms with Gasteiger partial charge in [0.05, 0.1) is 25.9 Å². The van der Waals surface area contributed by atoms with Gasteiger partial charge in [-0.05, 0) is 6.07 Å². The first kappa shape index (κ1) is 38.3. The molecule has 0 radical (unpaired) electrons. The zero-order chi connectivity index (χ0) is 36.9. The molecule has 6 rings (SSSR count). The van der Waals surface area contributed by atoms with Crippen LogP contribution in [-0.2, 0) is 14.2 Å². The monoisotopic (exact) mass is 715 g/mol. The van der Waals surface area contributed by atoms with Gasteiger partial charge in [0.2, 0.25) is 11.9 Å². The quantitative estimate of drug-likeness (QED) is 0.113. The van der Waals surface area contributed by atoms with E-state index in [2.05, 4.69) is 24.9 Å². The van der Waals surface area contributed by atoms with E-state index in [9.17, 15) is 39.9 Å². The molecule has 6 heterocycles. The number of anilines is 3. The van der Waals surface area contributed by atoms with E-state index in [1.165, 1.54) is 18.6 Å². The Balaban J connectivity index is 0.000000169. The second-order valence-corrected chi connectivity index (χ2v) is 10.9. The number of nitrogens with zero attached hydrogens (tertiary/aromatic N) is 8. The predicted molar refractivity (Wildman–Crippen MR) is 162 cm³/mol. The van der Waals surface area contributed by atoms with Gasteiger partial charge in [-0.15, -0.1) is 0 Å². The highest BCUT2D eigenvalue weighted by Gasteiger charge is 2.45. The van der Waals surface area contributed by atoms with Crippen LogP contribution in [0.2, 0.25) is 0 Å². The van der Waals surface area contributed by atoms with Gasteiger partial charge in [-0.2, -0.15) is 15.0 Å². The Labute approximate surface area is 279 Å². The van der Waals surface area contributed by atoms with Gasteiger partial charge < -0.3 is 72.3 Å². The fourth-order valence-corrected chi connectivity index (χ4v) is 4.97. The van der Waals surface area contributed by atoms with Crippen molar-refractivity contribution in [2.75, 3.05) is 37.0 Å². The Kier molecular flexibility index (Phi) is 12.6. The topological polar surface area (TPSA) is 398 Å². The summed E-state index contributed by atoms with van der Waals surface area (Å²) in [5.74, 6) is -0.255. The molecule has 0 saturated carbocycles. The van der Waals surface area contributed by atoms with Crippen LogP contribution < -0.4 is 34.3 Å². The highest BCUT2D eigenvalue weighted by molar-refractivity contribution is 5.23. The molecule has 3 unspecified atom stereocenters. The van der Waals surface area contributed by atoms with Crippen LogP contribution in [0, 0.1) is 0 Å². The summed E-state index contributed by atoms with van der Waals surface area (Å²) in [5.41, 5.74) is 13.7. The summed E-state index contributed by atoms with van der Waals surface area (Å²) >= 11 is 0. The van der Waals surface area contributed by atoms with Gasteiger partial charge in [0, 0.05) is 12.6 Å². The first-order valence-corrected chi connectivity index (χ1v) is 14.7. The highest BCUT2D eigenvalue weighted by atomic mass is 16.6. The van der Waals surface area contributed by atoms with E-state index < -0.39 is 97.8 Å². The van der Waals surface area contributed by atoms with Crippen molar-refractivity contribution in [2.45, 2.75) is 73.9 Å². The molecule has 3 aliphatic rings. The third-order valence-electron chi connectivity index (χ3n) is 7.62. The number of rotatable bonds is 6. The van der Waals surface area contributed by atoms with E-state index >= 15 is 0 Å². The van der Waals surface area contributed by atoms with E-state index in [-0.39, 0.29) is 30.7 Å². The summed E-state index contributed by atoms with van der Waals surface area (Å²) < 4.78 is 18.6. The molecule has 11 atom stereocenters. The lowest BCUT2D eigenvalue weighted by Gasteiger charge is -2.16. The number of nitrogen functional groups attached to an aromatic ring is 3. The number of nitrogens with two attached hydrogens (primary N) is 3. The van der Waals surface area contributed by atoms with Crippen LogP contribution in [0.3, 0.4) is 0 Å². The highest BCUT2D eigenvalue weighted by Crippen LogP contribution is 2.29. The molecule has 276 valence electrons. The van der Waals surface area contributed by atoms with Crippen molar-refractivity contribution in [2.24, 2.45) is 0 Å². The molecule has 0 spiro atoms. The lowest BCUT2D eigenvalue weighted by molar-refractivity contribution is -0.0554. The van der Waals surface area contributed by atoms with Crippen LogP contribution in [0.15, 0.2) is 39.3 Å². The molecule has 0 amide bonds. The summed E-state index contributed by atoms with van der Waals surface area (Å²) in [6, 6.07) is 1.37. The molecule has 50 heavy (non-hydrogen) atoms. The third kappa shape index (κ3) is 8.42. The number of aliphatic hydroxyl groups excluding tert-OH is 8. The number of ether oxygens (including phenoxy) is 3. The molecular weight excluding hydrogens is 678 g/mol. The van der Waals surface area contributed by atoms with Crippen molar-refractivity contribution < 1.29 is 55.1 Å². The third-order valence-corrected chi connectivity index (χ3v) is 7.62. The van der Waals surface area contributed by atoms with E-state index in [0.29, 0.717) is 0 Å². The molecule has 14 N–H and O–H groups in total. The van der Waals surface area contributed by atoms with Crippen molar-refractivity contribution in [3.05, 3.63) is 56.4 Å². The summed E-state index contributed by atoms with van der Waals surface area (Å²) in [4.78, 5) is 52.0. The largest absolute Gasteiger partial charge is 0.394 e.